The molecule has 2 atom stereocenters. The molecule has 0 saturated carbocycles. The van der Waals surface area contributed by atoms with Crippen molar-refractivity contribution >= 4 is 29.2 Å². The normalized spacial score (nSPS) is 15.2. The Balaban J connectivity index is 2.70. The zero-order valence-electron chi connectivity index (χ0n) is 12.8. The molecule has 0 saturated heterocycles. The average molecular weight is 387 g/mol. The van der Waals surface area contributed by atoms with Crippen molar-refractivity contribution in [3.63, 3.8) is 0 Å². The first kappa shape index (κ1) is 17.2. The van der Waals surface area contributed by atoms with E-state index >= 15 is 0 Å². The molecule has 2 unspecified atom stereocenters. The van der Waals surface area contributed by atoms with Gasteiger partial charge in [0, 0.05) is 0 Å². The summed E-state index contributed by atoms with van der Waals surface area (Å²) < 4.78 is 14.1. The molecule has 19 heavy (non-hydrogen) atoms. The van der Waals surface area contributed by atoms with Crippen LogP contribution in [0, 0.1) is 0 Å². The van der Waals surface area contributed by atoms with E-state index in [1.807, 2.05) is 30.3 Å². The first-order valence-corrected chi connectivity index (χ1v) is 19.2. The summed E-state index contributed by atoms with van der Waals surface area (Å²) in [7, 11) is -0.824. The predicted octanol–water partition coefficient (Wildman–Crippen LogP) is 5.08. The Morgan fingerprint density at radius 3 is 2.26 bits per heavy atom. The van der Waals surface area contributed by atoms with Crippen molar-refractivity contribution in [2.45, 2.75) is 62.0 Å². The Hall–Kier alpha value is 0.169. The van der Waals surface area contributed by atoms with Crippen LogP contribution in [0.15, 0.2) is 35.2 Å². The van der Waals surface area contributed by atoms with Gasteiger partial charge in [-0.2, -0.15) is 0 Å². The maximum absolute atomic E-state index is 12.7. The first-order chi connectivity index (χ1) is 8.94. The molecule has 0 fully saturated rings. The van der Waals surface area contributed by atoms with Gasteiger partial charge >= 0.3 is 126 Å². The van der Waals surface area contributed by atoms with Crippen molar-refractivity contribution in [1.82, 2.24) is 0 Å². The monoisotopic (exact) mass is 388 g/mol. The molecule has 0 heterocycles. The van der Waals surface area contributed by atoms with Crippen molar-refractivity contribution in [2.75, 3.05) is 0 Å². The molecule has 3 heteroatoms. The van der Waals surface area contributed by atoms with E-state index in [2.05, 4.69) is 21.7 Å². The number of hydrogen-bond acceptors (Lipinski definition) is 1. The molecule has 0 aliphatic carbocycles. The standard InChI is InChI=1S/C13H19OS.3CH3.Sn/c1-3-5-9-12(4-2)15(14)13-10-7-6-8-11-13;;;;/h6-8,10-12H,2-5,9H2,1H3;3*1H3;. The van der Waals surface area contributed by atoms with Crippen LogP contribution in [0.2, 0.25) is 19.3 Å². The van der Waals surface area contributed by atoms with E-state index in [0.717, 1.165) is 17.7 Å². The fraction of sp³-hybridized carbons (Fsp3) is 0.625. The van der Waals surface area contributed by atoms with E-state index in [9.17, 15) is 4.21 Å². The Morgan fingerprint density at radius 1 is 1.11 bits per heavy atom. The molecule has 1 aromatic rings. The van der Waals surface area contributed by atoms with Crippen molar-refractivity contribution in [3.05, 3.63) is 30.3 Å². The topological polar surface area (TPSA) is 17.1 Å². The minimum atomic E-state index is -1.74. The van der Waals surface area contributed by atoms with Gasteiger partial charge in [-0.3, -0.25) is 0 Å². The van der Waals surface area contributed by atoms with Crippen LogP contribution in [0.25, 0.3) is 0 Å². The van der Waals surface area contributed by atoms with Gasteiger partial charge in [0.2, 0.25) is 0 Å². The third-order valence-corrected chi connectivity index (χ3v) is 10.3. The molecule has 1 aromatic carbocycles. The van der Waals surface area contributed by atoms with Crippen LogP contribution < -0.4 is 0 Å². The van der Waals surface area contributed by atoms with E-state index in [1.54, 1.807) is 0 Å². The van der Waals surface area contributed by atoms with Crippen molar-refractivity contribution in [1.29, 1.82) is 0 Å². The molecular weight excluding hydrogens is 359 g/mol. The maximum atomic E-state index is 12.7. The summed E-state index contributed by atoms with van der Waals surface area (Å²) in [6, 6.07) is 10.00. The molecule has 0 amide bonds. The van der Waals surface area contributed by atoms with Crippen LogP contribution >= 0.6 is 0 Å². The molecule has 0 bridgehead atoms. The Labute approximate surface area is 125 Å². The quantitative estimate of drug-likeness (QED) is 0.569. The van der Waals surface area contributed by atoms with Gasteiger partial charge < -0.3 is 0 Å². The molecule has 0 aliphatic heterocycles. The summed E-state index contributed by atoms with van der Waals surface area (Å²) in [5.74, 6) is 0. The number of hydrogen-bond donors (Lipinski definition) is 0. The second-order valence-corrected chi connectivity index (χ2v) is 24.3. The van der Waals surface area contributed by atoms with E-state index in [-0.39, 0.29) is 0 Å². The SMILES string of the molecule is CCCCC(C[CH2][Sn]([CH3])([CH3])[CH3])S(=O)c1ccccc1. The van der Waals surface area contributed by atoms with Crippen LogP contribution in [-0.4, -0.2) is 27.8 Å². The summed E-state index contributed by atoms with van der Waals surface area (Å²) in [6.45, 7) is 2.21. The van der Waals surface area contributed by atoms with Crippen molar-refractivity contribution in [3.8, 4) is 0 Å². The van der Waals surface area contributed by atoms with Crippen molar-refractivity contribution < 1.29 is 4.21 Å². The molecule has 108 valence electrons. The zero-order valence-corrected chi connectivity index (χ0v) is 16.5. The fourth-order valence-corrected chi connectivity index (χ4v) is 7.72. The van der Waals surface area contributed by atoms with E-state index in [1.165, 1.54) is 17.3 Å². The van der Waals surface area contributed by atoms with Gasteiger partial charge in [-0.25, -0.2) is 0 Å². The third kappa shape index (κ3) is 6.94. The molecule has 0 aliphatic rings. The fourth-order valence-electron chi connectivity index (χ4n) is 2.13. The van der Waals surface area contributed by atoms with Gasteiger partial charge in [0.05, 0.1) is 0 Å². The van der Waals surface area contributed by atoms with Gasteiger partial charge in [-0.05, 0) is 0 Å². The Bertz CT molecular complexity index is 383. The molecule has 0 N–H and O–H groups in total. The van der Waals surface area contributed by atoms with Crippen LogP contribution in [0.3, 0.4) is 0 Å². The second kappa shape index (κ2) is 8.45. The van der Waals surface area contributed by atoms with Crippen LogP contribution in [-0.2, 0) is 10.8 Å². The van der Waals surface area contributed by atoms with Crippen LogP contribution in [0.4, 0.5) is 0 Å². The van der Waals surface area contributed by atoms with E-state index in [0.29, 0.717) is 5.25 Å². The number of rotatable bonds is 8. The summed E-state index contributed by atoms with van der Waals surface area (Å²) in [6.07, 6.45) is 4.66. The molecule has 0 spiro atoms. The summed E-state index contributed by atoms with van der Waals surface area (Å²) >= 11 is -1.74. The molecule has 0 aromatic heterocycles. The van der Waals surface area contributed by atoms with Crippen LogP contribution in [0.5, 0.6) is 0 Å². The van der Waals surface area contributed by atoms with Gasteiger partial charge in [-0.1, -0.05) is 0 Å². The zero-order chi connectivity index (χ0) is 14.3. The van der Waals surface area contributed by atoms with Gasteiger partial charge in [-0.15, -0.1) is 0 Å². The van der Waals surface area contributed by atoms with Gasteiger partial charge in [0.1, 0.15) is 0 Å². The second-order valence-electron chi connectivity index (χ2n) is 6.47. The Morgan fingerprint density at radius 2 is 1.74 bits per heavy atom. The molecular formula is C16H28OSSn. The van der Waals surface area contributed by atoms with Gasteiger partial charge in [0.15, 0.2) is 0 Å². The first-order valence-electron chi connectivity index (χ1n) is 7.39. The number of unbranched alkanes of at least 4 members (excludes halogenated alkanes) is 1. The van der Waals surface area contributed by atoms with Crippen molar-refractivity contribution in [2.24, 2.45) is 0 Å². The van der Waals surface area contributed by atoms with E-state index in [4.69, 9.17) is 0 Å². The Kier molecular flexibility index (Phi) is 7.66. The summed E-state index contributed by atoms with van der Waals surface area (Å²) in [4.78, 5) is 8.41. The summed E-state index contributed by atoms with van der Waals surface area (Å²) in [5.41, 5.74) is 0. The predicted molar refractivity (Wildman–Crippen MR) is 88.9 cm³/mol. The molecule has 1 nitrogen and oxygen atoms in total. The average Bonchev–Trinajstić information content (AvgIpc) is 2.38. The van der Waals surface area contributed by atoms with Crippen LogP contribution in [0.1, 0.15) is 32.6 Å². The third-order valence-electron chi connectivity index (χ3n) is 3.37. The summed E-state index contributed by atoms with van der Waals surface area (Å²) in [5, 5.41) is 0.360. The molecule has 1 rings (SSSR count). The van der Waals surface area contributed by atoms with E-state index < -0.39 is 29.2 Å². The number of benzene rings is 1. The van der Waals surface area contributed by atoms with Gasteiger partial charge in [0.25, 0.3) is 0 Å². The molecule has 0 radical (unpaired) electrons. The minimum absolute atomic E-state index is 0.360.